The number of Topliss-reactive ketones (excluding diaryl/α,β-unsaturated/α-hetero) is 1. The van der Waals surface area contributed by atoms with Gasteiger partial charge in [-0.25, -0.2) is 0 Å². The van der Waals surface area contributed by atoms with E-state index in [4.69, 9.17) is 9.47 Å². The second kappa shape index (κ2) is 8.37. The van der Waals surface area contributed by atoms with Gasteiger partial charge in [0.2, 0.25) is 5.91 Å². The number of ether oxygens (including phenoxy) is 2. The van der Waals surface area contributed by atoms with E-state index in [-0.39, 0.29) is 17.6 Å². The highest BCUT2D eigenvalue weighted by Gasteiger charge is 2.50. The quantitative estimate of drug-likeness (QED) is 0.730. The third-order valence-electron chi connectivity index (χ3n) is 5.13. The first-order valence-electron chi connectivity index (χ1n) is 9.02. The summed E-state index contributed by atoms with van der Waals surface area (Å²) in [6.07, 6.45) is 5.02. The van der Waals surface area contributed by atoms with Crippen molar-refractivity contribution >= 4 is 11.7 Å². The molecule has 1 fully saturated rings. The third-order valence-corrected chi connectivity index (χ3v) is 5.13. The lowest BCUT2D eigenvalue weighted by atomic mass is 9.77. The van der Waals surface area contributed by atoms with Crippen molar-refractivity contribution in [2.24, 2.45) is 5.92 Å². The largest absolute Gasteiger partial charge is 0.497 e. The lowest BCUT2D eigenvalue weighted by molar-refractivity contribution is -0.124. The van der Waals surface area contributed by atoms with E-state index in [9.17, 15) is 9.59 Å². The molecule has 1 aromatic carbocycles. The summed E-state index contributed by atoms with van der Waals surface area (Å²) < 4.78 is 10.9. The van der Waals surface area contributed by atoms with Crippen molar-refractivity contribution in [3.63, 3.8) is 0 Å². The van der Waals surface area contributed by atoms with Crippen molar-refractivity contribution in [1.29, 1.82) is 0 Å². The highest BCUT2D eigenvalue weighted by Crippen LogP contribution is 2.47. The molecule has 5 heteroatoms. The number of methoxy groups -OCH3 is 2. The number of benzene rings is 1. The van der Waals surface area contributed by atoms with Crippen LogP contribution < -0.4 is 14.8 Å². The Labute approximate surface area is 150 Å². The van der Waals surface area contributed by atoms with E-state index in [1.807, 2.05) is 18.2 Å². The molecule has 2 atom stereocenters. The van der Waals surface area contributed by atoms with Gasteiger partial charge >= 0.3 is 0 Å². The number of rotatable bonds is 8. The van der Waals surface area contributed by atoms with Crippen LogP contribution in [0.4, 0.5) is 0 Å². The Hall–Kier alpha value is -2.04. The number of hydrogen-bond acceptors (Lipinski definition) is 4. The monoisotopic (exact) mass is 347 g/mol. The van der Waals surface area contributed by atoms with Crippen LogP contribution in [-0.2, 0) is 15.1 Å². The van der Waals surface area contributed by atoms with Gasteiger partial charge in [-0.05, 0) is 25.0 Å². The van der Waals surface area contributed by atoms with Crippen molar-refractivity contribution in [2.75, 3.05) is 14.2 Å². The van der Waals surface area contributed by atoms with Crippen LogP contribution in [0.5, 0.6) is 11.5 Å². The summed E-state index contributed by atoms with van der Waals surface area (Å²) in [4.78, 5) is 24.6. The molecule has 0 bridgehead atoms. The molecule has 2 unspecified atom stereocenters. The van der Waals surface area contributed by atoms with E-state index in [1.165, 1.54) is 6.92 Å². The van der Waals surface area contributed by atoms with Crippen molar-refractivity contribution in [1.82, 2.24) is 5.32 Å². The van der Waals surface area contributed by atoms with Crippen molar-refractivity contribution < 1.29 is 19.1 Å². The zero-order valence-corrected chi connectivity index (χ0v) is 15.7. The molecule has 1 amide bonds. The number of ketones is 1. The van der Waals surface area contributed by atoms with E-state index >= 15 is 0 Å². The molecule has 0 saturated heterocycles. The van der Waals surface area contributed by atoms with Crippen LogP contribution in [0, 0.1) is 5.92 Å². The Morgan fingerprint density at radius 3 is 2.64 bits per heavy atom. The fraction of sp³-hybridized carbons (Fsp3) is 0.600. The Balaban J connectivity index is 2.50. The summed E-state index contributed by atoms with van der Waals surface area (Å²) in [7, 11) is 3.20. The molecule has 0 radical (unpaired) electrons. The molecule has 0 spiro atoms. The lowest BCUT2D eigenvalue weighted by Crippen LogP contribution is -2.49. The molecule has 0 heterocycles. The smallest absolute Gasteiger partial charge is 0.217 e. The maximum atomic E-state index is 12.6. The Kier molecular flexibility index (Phi) is 6.45. The molecule has 1 aliphatic carbocycles. The first-order chi connectivity index (χ1) is 12.0. The average Bonchev–Trinajstić information content (AvgIpc) is 2.91. The van der Waals surface area contributed by atoms with Gasteiger partial charge < -0.3 is 14.8 Å². The van der Waals surface area contributed by atoms with Gasteiger partial charge in [-0.15, -0.1) is 0 Å². The Morgan fingerprint density at radius 2 is 2.04 bits per heavy atom. The van der Waals surface area contributed by atoms with Crippen LogP contribution in [-0.4, -0.2) is 25.9 Å². The van der Waals surface area contributed by atoms with Crippen molar-refractivity contribution in [2.45, 2.75) is 57.9 Å². The summed E-state index contributed by atoms with van der Waals surface area (Å²) in [6, 6.07) is 5.58. The van der Waals surface area contributed by atoms with Crippen LogP contribution in [0.3, 0.4) is 0 Å². The third kappa shape index (κ3) is 3.97. The van der Waals surface area contributed by atoms with Crippen LogP contribution in [0.2, 0.25) is 0 Å². The Morgan fingerprint density at radius 1 is 1.28 bits per heavy atom. The van der Waals surface area contributed by atoms with Gasteiger partial charge in [-0.2, -0.15) is 0 Å². The molecule has 5 nitrogen and oxygen atoms in total. The van der Waals surface area contributed by atoms with Crippen molar-refractivity contribution in [3.8, 4) is 11.5 Å². The zero-order valence-electron chi connectivity index (χ0n) is 15.7. The maximum Gasteiger partial charge on any atom is 0.217 e. The summed E-state index contributed by atoms with van der Waals surface area (Å²) in [5.41, 5.74) is 0.159. The lowest BCUT2D eigenvalue weighted by Gasteiger charge is -2.37. The highest BCUT2D eigenvalue weighted by molar-refractivity contribution is 5.87. The van der Waals surface area contributed by atoms with E-state index in [0.29, 0.717) is 24.3 Å². The molecule has 1 aliphatic rings. The van der Waals surface area contributed by atoms with Gasteiger partial charge in [0.15, 0.2) is 0 Å². The van der Waals surface area contributed by atoms with E-state index in [0.717, 1.165) is 31.2 Å². The molecule has 1 aromatic rings. The minimum atomic E-state index is -0.700. The van der Waals surface area contributed by atoms with Crippen LogP contribution in [0.25, 0.3) is 0 Å². The maximum absolute atomic E-state index is 12.6. The topological polar surface area (TPSA) is 64.6 Å². The standard InChI is InChI=1S/C20H29NO4/c1-5-6-7-8-16-18(23)11-12-20(16,21-14(2)22)17-10-9-15(24-3)13-19(17)25-4/h9-10,13,16H,5-8,11-12H2,1-4H3,(H,21,22). The van der Waals surface area contributed by atoms with Gasteiger partial charge in [-0.1, -0.05) is 26.2 Å². The molecule has 0 aliphatic heterocycles. The van der Waals surface area contributed by atoms with Crippen LogP contribution >= 0.6 is 0 Å². The van der Waals surface area contributed by atoms with E-state index in [1.54, 1.807) is 14.2 Å². The minimum absolute atomic E-state index is 0.131. The first kappa shape index (κ1) is 19.3. The molecule has 1 saturated carbocycles. The molecular formula is C20H29NO4. The Bertz CT molecular complexity index is 628. The van der Waals surface area contributed by atoms with Gasteiger partial charge in [0.1, 0.15) is 17.3 Å². The highest BCUT2D eigenvalue weighted by atomic mass is 16.5. The molecular weight excluding hydrogens is 318 g/mol. The summed E-state index contributed by atoms with van der Waals surface area (Å²) in [6.45, 7) is 3.65. The van der Waals surface area contributed by atoms with Crippen molar-refractivity contribution in [3.05, 3.63) is 23.8 Å². The molecule has 25 heavy (non-hydrogen) atoms. The summed E-state index contributed by atoms with van der Waals surface area (Å²) >= 11 is 0. The van der Waals surface area contributed by atoms with Crippen LogP contribution in [0.1, 0.15) is 57.9 Å². The number of carbonyl (C=O) groups is 2. The van der Waals surface area contributed by atoms with E-state index < -0.39 is 5.54 Å². The summed E-state index contributed by atoms with van der Waals surface area (Å²) in [5, 5.41) is 3.11. The van der Waals surface area contributed by atoms with Gasteiger partial charge in [0.05, 0.1) is 19.8 Å². The molecule has 0 aromatic heterocycles. The minimum Gasteiger partial charge on any atom is -0.497 e. The normalized spacial score (nSPS) is 22.7. The SMILES string of the molecule is CCCCCC1C(=O)CCC1(NC(C)=O)c1ccc(OC)cc1OC. The molecule has 1 N–H and O–H groups in total. The van der Waals surface area contributed by atoms with Gasteiger partial charge in [-0.3, -0.25) is 9.59 Å². The van der Waals surface area contributed by atoms with Crippen LogP contribution in [0.15, 0.2) is 18.2 Å². The second-order valence-electron chi connectivity index (χ2n) is 6.73. The molecule has 138 valence electrons. The second-order valence-corrected chi connectivity index (χ2v) is 6.73. The predicted molar refractivity (Wildman–Crippen MR) is 96.9 cm³/mol. The predicted octanol–water partition coefficient (Wildman–Crippen LogP) is 3.59. The fourth-order valence-corrected chi connectivity index (χ4v) is 3.97. The number of unbranched alkanes of at least 4 members (excludes halogenated alkanes) is 2. The van der Waals surface area contributed by atoms with Gasteiger partial charge in [0.25, 0.3) is 0 Å². The number of carbonyl (C=O) groups excluding carboxylic acids is 2. The fourth-order valence-electron chi connectivity index (χ4n) is 3.97. The average molecular weight is 347 g/mol. The molecule has 2 rings (SSSR count). The number of amides is 1. The number of nitrogens with one attached hydrogen (secondary N) is 1. The summed E-state index contributed by atoms with van der Waals surface area (Å²) in [5.74, 6) is 1.20. The zero-order chi connectivity index (χ0) is 18.4. The first-order valence-corrected chi connectivity index (χ1v) is 9.02. The van der Waals surface area contributed by atoms with Gasteiger partial charge in [0, 0.05) is 30.9 Å². The van der Waals surface area contributed by atoms with E-state index in [2.05, 4.69) is 12.2 Å². The number of hydrogen-bond donors (Lipinski definition) is 1.